The van der Waals surface area contributed by atoms with E-state index < -0.39 is 0 Å². The fraction of sp³-hybridized carbons (Fsp3) is 0.417. The van der Waals surface area contributed by atoms with E-state index in [1.807, 2.05) is 5.38 Å². The number of nitrogen functional groups attached to an aromatic ring is 2. The van der Waals surface area contributed by atoms with E-state index in [0.717, 1.165) is 42.9 Å². The maximum absolute atomic E-state index is 5.60. The smallest absolute Gasteiger partial charge is 0.221 e. The minimum Gasteiger partial charge on any atom is -0.375 e. The zero-order valence-corrected chi connectivity index (χ0v) is 11.7. The van der Waals surface area contributed by atoms with Gasteiger partial charge in [0, 0.05) is 23.7 Å². The number of rotatable bonds is 6. The standard InChI is InChI=1S/C12H18N6S/c1-2-8-6-16-11(13)18-10(8)15-5-3-4-9-7-19-12(14)17-9/h6-7H,2-5H2,1H3,(H2,14,17)(H3,13,15,16,18). The summed E-state index contributed by atoms with van der Waals surface area (Å²) in [7, 11) is 0. The first-order valence-corrected chi connectivity index (χ1v) is 7.12. The highest BCUT2D eigenvalue weighted by molar-refractivity contribution is 7.13. The summed E-state index contributed by atoms with van der Waals surface area (Å²) < 4.78 is 0. The van der Waals surface area contributed by atoms with Crippen LogP contribution >= 0.6 is 11.3 Å². The quantitative estimate of drug-likeness (QED) is 0.695. The van der Waals surface area contributed by atoms with E-state index >= 15 is 0 Å². The minimum atomic E-state index is 0.298. The lowest BCUT2D eigenvalue weighted by Gasteiger charge is -2.09. The first kappa shape index (κ1) is 13.5. The summed E-state index contributed by atoms with van der Waals surface area (Å²) in [5.74, 6) is 1.12. The maximum Gasteiger partial charge on any atom is 0.221 e. The Kier molecular flexibility index (Phi) is 4.51. The molecule has 6 nitrogen and oxygen atoms in total. The van der Waals surface area contributed by atoms with Gasteiger partial charge in [-0.2, -0.15) is 4.98 Å². The molecule has 0 aliphatic rings. The van der Waals surface area contributed by atoms with Gasteiger partial charge in [0.05, 0.1) is 5.69 Å². The average Bonchev–Trinajstić information content (AvgIpc) is 2.81. The van der Waals surface area contributed by atoms with Gasteiger partial charge in [-0.15, -0.1) is 11.3 Å². The zero-order chi connectivity index (χ0) is 13.7. The molecule has 7 heteroatoms. The molecule has 2 aromatic rings. The second kappa shape index (κ2) is 6.33. The van der Waals surface area contributed by atoms with Crippen molar-refractivity contribution in [2.45, 2.75) is 26.2 Å². The third-order valence-corrected chi connectivity index (χ3v) is 3.46. The van der Waals surface area contributed by atoms with Crippen LogP contribution in [0.1, 0.15) is 24.6 Å². The first-order valence-electron chi connectivity index (χ1n) is 6.24. The number of nitrogens with two attached hydrogens (primary N) is 2. The largest absolute Gasteiger partial charge is 0.375 e. The Morgan fingerprint density at radius 3 is 2.84 bits per heavy atom. The molecule has 5 N–H and O–H groups in total. The van der Waals surface area contributed by atoms with Gasteiger partial charge in [0.25, 0.3) is 0 Å². The fourth-order valence-electron chi connectivity index (χ4n) is 1.75. The molecule has 2 aromatic heterocycles. The Labute approximate surface area is 116 Å². The lowest BCUT2D eigenvalue weighted by Crippen LogP contribution is -2.09. The van der Waals surface area contributed by atoms with Crippen LogP contribution in [-0.4, -0.2) is 21.5 Å². The van der Waals surface area contributed by atoms with Crippen LogP contribution in [-0.2, 0) is 12.8 Å². The van der Waals surface area contributed by atoms with Gasteiger partial charge in [-0.25, -0.2) is 9.97 Å². The Morgan fingerprint density at radius 1 is 1.32 bits per heavy atom. The molecule has 0 aliphatic carbocycles. The van der Waals surface area contributed by atoms with Crippen molar-refractivity contribution in [1.82, 2.24) is 15.0 Å². The molecule has 0 unspecified atom stereocenters. The number of anilines is 3. The lowest BCUT2D eigenvalue weighted by atomic mass is 10.2. The van der Waals surface area contributed by atoms with Crippen LogP contribution in [0, 0.1) is 0 Å². The number of nitrogens with one attached hydrogen (secondary N) is 1. The second-order valence-electron chi connectivity index (χ2n) is 4.16. The highest BCUT2D eigenvalue weighted by Gasteiger charge is 2.04. The highest BCUT2D eigenvalue weighted by Crippen LogP contribution is 2.14. The molecule has 102 valence electrons. The lowest BCUT2D eigenvalue weighted by molar-refractivity contribution is 0.837. The van der Waals surface area contributed by atoms with E-state index in [2.05, 4.69) is 27.2 Å². The molecule has 2 heterocycles. The molecule has 19 heavy (non-hydrogen) atoms. The summed E-state index contributed by atoms with van der Waals surface area (Å²) in [6.07, 6.45) is 4.52. The van der Waals surface area contributed by atoms with E-state index in [9.17, 15) is 0 Å². The number of aryl methyl sites for hydroxylation is 2. The molecule has 0 radical (unpaired) electrons. The van der Waals surface area contributed by atoms with Crippen molar-refractivity contribution in [1.29, 1.82) is 0 Å². The van der Waals surface area contributed by atoms with Crippen LogP contribution in [0.25, 0.3) is 0 Å². The molecular weight excluding hydrogens is 260 g/mol. The minimum absolute atomic E-state index is 0.298. The Balaban J connectivity index is 1.83. The molecule has 0 amide bonds. The zero-order valence-electron chi connectivity index (χ0n) is 10.9. The van der Waals surface area contributed by atoms with Gasteiger partial charge in [-0.1, -0.05) is 6.92 Å². The Hall–Kier alpha value is -1.89. The third kappa shape index (κ3) is 3.78. The number of nitrogens with zero attached hydrogens (tertiary/aromatic N) is 3. The SMILES string of the molecule is CCc1cnc(N)nc1NCCCc1csc(N)n1. The third-order valence-electron chi connectivity index (χ3n) is 2.74. The van der Waals surface area contributed by atoms with Gasteiger partial charge in [-0.3, -0.25) is 0 Å². The molecule has 0 aliphatic heterocycles. The van der Waals surface area contributed by atoms with Gasteiger partial charge < -0.3 is 16.8 Å². The van der Waals surface area contributed by atoms with E-state index in [0.29, 0.717) is 11.1 Å². The van der Waals surface area contributed by atoms with Crippen molar-refractivity contribution in [3.63, 3.8) is 0 Å². The predicted molar refractivity (Wildman–Crippen MR) is 79.2 cm³/mol. The Morgan fingerprint density at radius 2 is 2.16 bits per heavy atom. The topological polar surface area (TPSA) is 103 Å². The molecule has 0 aromatic carbocycles. The summed E-state index contributed by atoms with van der Waals surface area (Å²) in [6.45, 7) is 2.89. The monoisotopic (exact) mass is 278 g/mol. The van der Waals surface area contributed by atoms with Crippen LogP contribution in [0.2, 0.25) is 0 Å². The number of hydrogen-bond donors (Lipinski definition) is 3. The number of hydrogen-bond acceptors (Lipinski definition) is 7. The maximum atomic E-state index is 5.60. The van der Waals surface area contributed by atoms with Crippen LogP contribution < -0.4 is 16.8 Å². The van der Waals surface area contributed by atoms with E-state index in [1.54, 1.807) is 6.20 Å². The van der Waals surface area contributed by atoms with Crippen molar-refractivity contribution < 1.29 is 0 Å². The van der Waals surface area contributed by atoms with Crippen LogP contribution in [0.5, 0.6) is 0 Å². The summed E-state index contributed by atoms with van der Waals surface area (Å²) in [4.78, 5) is 12.4. The van der Waals surface area contributed by atoms with Crippen LogP contribution in [0.15, 0.2) is 11.6 Å². The van der Waals surface area contributed by atoms with Gasteiger partial charge >= 0.3 is 0 Å². The van der Waals surface area contributed by atoms with Crippen molar-refractivity contribution in [2.75, 3.05) is 23.3 Å². The van der Waals surface area contributed by atoms with Gasteiger partial charge in [-0.05, 0) is 19.3 Å². The number of thiazole rings is 1. The van der Waals surface area contributed by atoms with E-state index in [-0.39, 0.29) is 0 Å². The molecule has 0 atom stereocenters. The van der Waals surface area contributed by atoms with E-state index in [1.165, 1.54) is 11.3 Å². The normalized spacial score (nSPS) is 10.6. The van der Waals surface area contributed by atoms with Crippen molar-refractivity contribution in [3.05, 3.63) is 22.8 Å². The van der Waals surface area contributed by atoms with Crippen molar-refractivity contribution in [3.8, 4) is 0 Å². The predicted octanol–water partition coefficient (Wildman–Crippen LogP) is 1.70. The molecule has 2 rings (SSSR count). The van der Waals surface area contributed by atoms with E-state index in [4.69, 9.17) is 11.5 Å². The summed E-state index contributed by atoms with van der Waals surface area (Å²) in [6, 6.07) is 0. The summed E-state index contributed by atoms with van der Waals surface area (Å²) in [5, 5.41) is 5.92. The molecule has 0 saturated heterocycles. The highest BCUT2D eigenvalue weighted by atomic mass is 32.1. The van der Waals surface area contributed by atoms with Crippen molar-refractivity contribution >= 4 is 28.2 Å². The molecule has 0 saturated carbocycles. The summed E-state index contributed by atoms with van der Waals surface area (Å²) in [5.41, 5.74) is 13.3. The Bertz CT molecular complexity index is 539. The first-order chi connectivity index (χ1) is 9.19. The molecule has 0 spiro atoms. The number of aromatic nitrogens is 3. The van der Waals surface area contributed by atoms with Crippen LogP contribution in [0.3, 0.4) is 0 Å². The average molecular weight is 278 g/mol. The van der Waals surface area contributed by atoms with Gasteiger partial charge in [0.15, 0.2) is 5.13 Å². The van der Waals surface area contributed by atoms with Gasteiger partial charge in [0.2, 0.25) is 5.95 Å². The van der Waals surface area contributed by atoms with Crippen LogP contribution in [0.4, 0.5) is 16.9 Å². The summed E-state index contributed by atoms with van der Waals surface area (Å²) >= 11 is 1.48. The van der Waals surface area contributed by atoms with Crippen molar-refractivity contribution in [2.24, 2.45) is 0 Å². The van der Waals surface area contributed by atoms with Gasteiger partial charge in [0.1, 0.15) is 5.82 Å². The molecular formula is C12H18N6S. The fourth-order valence-corrected chi connectivity index (χ4v) is 2.34. The second-order valence-corrected chi connectivity index (χ2v) is 5.05. The molecule has 0 fully saturated rings. The molecule has 0 bridgehead atoms.